The molecule has 1 saturated heterocycles. The second-order valence-corrected chi connectivity index (χ2v) is 6.29. The van der Waals surface area contributed by atoms with Crippen molar-refractivity contribution < 1.29 is 19.1 Å². The molecule has 0 saturated carbocycles. The zero-order valence-electron chi connectivity index (χ0n) is 15.1. The van der Waals surface area contributed by atoms with Crippen molar-refractivity contribution in [2.75, 3.05) is 33.9 Å². The van der Waals surface area contributed by atoms with Gasteiger partial charge in [-0.1, -0.05) is 6.07 Å². The van der Waals surface area contributed by atoms with Crippen molar-refractivity contribution in [3.8, 4) is 11.5 Å². The van der Waals surface area contributed by atoms with Gasteiger partial charge in [0.15, 0.2) is 11.5 Å². The number of benzene rings is 1. The van der Waals surface area contributed by atoms with E-state index >= 15 is 0 Å². The van der Waals surface area contributed by atoms with Gasteiger partial charge in [0.1, 0.15) is 0 Å². The average Bonchev–Trinajstić information content (AvgIpc) is 3.11. The highest BCUT2D eigenvalue weighted by Gasteiger charge is 2.31. The molecule has 0 bridgehead atoms. The highest BCUT2D eigenvalue weighted by molar-refractivity contribution is 5.82. The normalized spacial score (nSPS) is 18.6. The number of nitrogens with zero attached hydrogens (tertiary/aromatic N) is 1. The number of nitrogens with two attached hydrogens (primary N) is 1. The number of likely N-dealkylation sites (tertiary alicyclic amines) is 1. The van der Waals surface area contributed by atoms with Crippen LogP contribution in [0.1, 0.15) is 18.9 Å². The summed E-state index contributed by atoms with van der Waals surface area (Å²) in [6.45, 7) is 3.67. The molecule has 0 aromatic heterocycles. The molecule has 7 heteroatoms. The Hall–Kier alpha value is -2.28. The second-order valence-electron chi connectivity index (χ2n) is 6.29. The summed E-state index contributed by atoms with van der Waals surface area (Å²) >= 11 is 0. The van der Waals surface area contributed by atoms with Crippen molar-refractivity contribution in [2.45, 2.75) is 25.8 Å². The first-order valence-corrected chi connectivity index (χ1v) is 8.48. The monoisotopic (exact) mass is 349 g/mol. The smallest absolute Gasteiger partial charge is 0.237 e. The number of carbonyl (C=O) groups is 2. The second kappa shape index (κ2) is 8.71. The fraction of sp³-hybridized carbons (Fsp3) is 0.556. The summed E-state index contributed by atoms with van der Waals surface area (Å²) in [4.78, 5) is 25.6. The number of carbonyl (C=O) groups excluding carboxylic acids is 2. The third-order valence-corrected chi connectivity index (χ3v) is 4.71. The van der Waals surface area contributed by atoms with Gasteiger partial charge in [-0.3, -0.25) is 14.5 Å². The summed E-state index contributed by atoms with van der Waals surface area (Å²) in [5, 5.41) is 2.95. The number of rotatable bonds is 8. The molecule has 1 aliphatic rings. The first-order chi connectivity index (χ1) is 12.0. The van der Waals surface area contributed by atoms with Gasteiger partial charge in [0, 0.05) is 13.1 Å². The Balaban J connectivity index is 1.81. The van der Waals surface area contributed by atoms with Crippen LogP contribution in [0.3, 0.4) is 0 Å². The Morgan fingerprint density at radius 1 is 1.32 bits per heavy atom. The number of amides is 2. The zero-order chi connectivity index (χ0) is 18.4. The van der Waals surface area contributed by atoms with Gasteiger partial charge < -0.3 is 20.5 Å². The molecule has 0 aliphatic carbocycles. The first-order valence-electron chi connectivity index (χ1n) is 8.48. The average molecular weight is 349 g/mol. The van der Waals surface area contributed by atoms with E-state index in [2.05, 4.69) is 5.32 Å². The van der Waals surface area contributed by atoms with Gasteiger partial charge in [0.25, 0.3) is 0 Å². The van der Waals surface area contributed by atoms with Gasteiger partial charge in [-0.15, -0.1) is 0 Å². The van der Waals surface area contributed by atoms with Crippen LogP contribution in [0.4, 0.5) is 0 Å². The third-order valence-electron chi connectivity index (χ3n) is 4.71. The number of ether oxygens (including phenoxy) is 2. The van der Waals surface area contributed by atoms with Crippen molar-refractivity contribution >= 4 is 11.8 Å². The highest BCUT2D eigenvalue weighted by atomic mass is 16.5. The highest BCUT2D eigenvalue weighted by Crippen LogP contribution is 2.27. The summed E-state index contributed by atoms with van der Waals surface area (Å²) in [7, 11) is 3.20. The van der Waals surface area contributed by atoms with Crippen molar-refractivity contribution in [1.82, 2.24) is 10.2 Å². The number of hydrogen-bond donors (Lipinski definition) is 2. The fourth-order valence-electron chi connectivity index (χ4n) is 3.05. The van der Waals surface area contributed by atoms with E-state index in [4.69, 9.17) is 15.2 Å². The molecule has 0 unspecified atom stereocenters. The lowest BCUT2D eigenvalue weighted by Crippen LogP contribution is -2.45. The van der Waals surface area contributed by atoms with E-state index in [0.717, 1.165) is 18.5 Å². The Labute approximate surface area is 148 Å². The van der Waals surface area contributed by atoms with E-state index in [1.807, 2.05) is 30.0 Å². The lowest BCUT2D eigenvalue weighted by Gasteiger charge is -2.23. The largest absolute Gasteiger partial charge is 0.493 e. The molecule has 2 amide bonds. The summed E-state index contributed by atoms with van der Waals surface area (Å²) in [5.74, 6) is 0.882. The molecule has 1 fully saturated rings. The molecule has 0 spiro atoms. The van der Waals surface area contributed by atoms with Crippen LogP contribution in [0.2, 0.25) is 0 Å². The number of nitrogens with one attached hydrogen (secondary N) is 1. The minimum atomic E-state index is -0.288. The Kier molecular flexibility index (Phi) is 6.64. The maximum atomic E-state index is 12.3. The van der Waals surface area contributed by atoms with Gasteiger partial charge in [-0.25, -0.2) is 0 Å². The number of methoxy groups -OCH3 is 2. The van der Waals surface area contributed by atoms with Gasteiger partial charge in [-0.2, -0.15) is 0 Å². The van der Waals surface area contributed by atoms with E-state index < -0.39 is 0 Å². The predicted molar refractivity (Wildman–Crippen MR) is 94.6 cm³/mol. The summed E-state index contributed by atoms with van der Waals surface area (Å²) in [6, 6.07) is 5.45. The molecule has 2 rings (SSSR count). The standard InChI is InChI=1S/C18H27N3O4/c1-12(21-9-7-14(11-21)17(19)22)18(23)20-8-6-13-4-5-15(24-2)16(10-13)25-3/h4-5,10,12,14H,6-9,11H2,1-3H3,(H2,19,22)(H,20,23)/t12-,14-/m0/s1. The van der Waals surface area contributed by atoms with Crippen LogP contribution in [-0.2, 0) is 16.0 Å². The predicted octanol–water partition coefficient (Wildman–Crippen LogP) is 0.558. The molecule has 2 atom stereocenters. The maximum absolute atomic E-state index is 12.3. The van der Waals surface area contributed by atoms with E-state index in [1.54, 1.807) is 14.2 Å². The number of primary amides is 1. The van der Waals surface area contributed by atoms with Crippen LogP contribution in [0.5, 0.6) is 11.5 Å². The van der Waals surface area contributed by atoms with E-state index in [9.17, 15) is 9.59 Å². The molecule has 3 N–H and O–H groups in total. The molecule has 0 radical (unpaired) electrons. The molecule has 1 aromatic carbocycles. The van der Waals surface area contributed by atoms with E-state index in [1.165, 1.54) is 0 Å². The van der Waals surface area contributed by atoms with E-state index in [0.29, 0.717) is 31.0 Å². The van der Waals surface area contributed by atoms with Crippen LogP contribution in [0.25, 0.3) is 0 Å². The molecule has 1 heterocycles. The van der Waals surface area contributed by atoms with Crippen molar-refractivity contribution in [1.29, 1.82) is 0 Å². The van der Waals surface area contributed by atoms with Crippen LogP contribution in [0.15, 0.2) is 18.2 Å². The minimum Gasteiger partial charge on any atom is -0.493 e. The van der Waals surface area contributed by atoms with E-state index in [-0.39, 0.29) is 23.8 Å². The zero-order valence-corrected chi connectivity index (χ0v) is 15.1. The van der Waals surface area contributed by atoms with Crippen LogP contribution < -0.4 is 20.5 Å². The first kappa shape index (κ1) is 19.1. The number of hydrogen-bond acceptors (Lipinski definition) is 5. The Morgan fingerprint density at radius 3 is 2.64 bits per heavy atom. The minimum absolute atomic E-state index is 0.0365. The molecule has 1 aromatic rings. The van der Waals surface area contributed by atoms with Gasteiger partial charge in [-0.05, 0) is 44.0 Å². The molecular formula is C18H27N3O4. The quantitative estimate of drug-likeness (QED) is 0.715. The topological polar surface area (TPSA) is 93.9 Å². The lowest BCUT2D eigenvalue weighted by atomic mass is 10.1. The Morgan fingerprint density at radius 2 is 2.04 bits per heavy atom. The van der Waals surface area contributed by atoms with Crippen LogP contribution in [0, 0.1) is 5.92 Å². The molecule has 1 aliphatic heterocycles. The summed E-state index contributed by atoms with van der Waals surface area (Å²) in [5.41, 5.74) is 6.40. The van der Waals surface area contributed by atoms with Crippen molar-refractivity contribution in [3.05, 3.63) is 23.8 Å². The summed E-state index contributed by atoms with van der Waals surface area (Å²) < 4.78 is 10.5. The SMILES string of the molecule is COc1ccc(CCNC(=O)[C@H](C)N2CC[C@H](C(N)=O)C2)cc1OC. The van der Waals surface area contributed by atoms with Crippen LogP contribution >= 0.6 is 0 Å². The van der Waals surface area contributed by atoms with Crippen molar-refractivity contribution in [2.24, 2.45) is 11.7 Å². The van der Waals surface area contributed by atoms with Crippen LogP contribution in [-0.4, -0.2) is 56.6 Å². The maximum Gasteiger partial charge on any atom is 0.237 e. The Bertz CT molecular complexity index is 620. The summed E-state index contributed by atoms with van der Waals surface area (Å²) in [6.07, 6.45) is 1.42. The molecule has 7 nitrogen and oxygen atoms in total. The molecular weight excluding hydrogens is 322 g/mol. The molecule has 25 heavy (non-hydrogen) atoms. The van der Waals surface area contributed by atoms with Gasteiger partial charge in [0.05, 0.1) is 26.2 Å². The van der Waals surface area contributed by atoms with Crippen molar-refractivity contribution in [3.63, 3.8) is 0 Å². The molecule has 138 valence electrons. The van der Waals surface area contributed by atoms with Gasteiger partial charge in [0.2, 0.25) is 11.8 Å². The van der Waals surface area contributed by atoms with Gasteiger partial charge >= 0.3 is 0 Å². The fourth-order valence-corrected chi connectivity index (χ4v) is 3.05. The lowest BCUT2D eigenvalue weighted by molar-refractivity contribution is -0.126. The third kappa shape index (κ3) is 4.85.